The van der Waals surface area contributed by atoms with Crippen molar-refractivity contribution in [3.8, 4) is 5.75 Å². The second-order valence-electron chi connectivity index (χ2n) is 6.88. The average molecular weight is 415 g/mol. The normalized spacial score (nSPS) is 11.3. The van der Waals surface area contributed by atoms with Crippen LogP contribution in [-0.2, 0) is 14.3 Å². The van der Waals surface area contributed by atoms with Crippen LogP contribution in [0.1, 0.15) is 18.1 Å². The van der Waals surface area contributed by atoms with Crippen molar-refractivity contribution in [3.63, 3.8) is 0 Å². The summed E-state index contributed by atoms with van der Waals surface area (Å²) in [5.74, 6) is 0.0528. The van der Waals surface area contributed by atoms with Gasteiger partial charge in [-0.15, -0.1) is 0 Å². The van der Waals surface area contributed by atoms with Gasteiger partial charge in [0.25, 0.3) is 0 Å². The monoisotopic (exact) mass is 415 g/mol. The molecule has 3 aromatic carbocycles. The maximum absolute atomic E-state index is 13.0. The third-order valence-corrected chi connectivity index (χ3v) is 4.94. The van der Waals surface area contributed by atoms with E-state index < -0.39 is 5.97 Å². The van der Waals surface area contributed by atoms with Crippen LogP contribution in [0.25, 0.3) is 5.57 Å². The Bertz CT molecular complexity index is 1060. The van der Waals surface area contributed by atoms with E-state index in [1.54, 1.807) is 12.0 Å². The number of ether oxygens (including phenoxy) is 2. The van der Waals surface area contributed by atoms with E-state index in [0.29, 0.717) is 22.6 Å². The summed E-state index contributed by atoms with van der Waals surface area (Å²) in [5, 5.41) is 0. The Morgan fingerprint density at radius 3 is 1.84 bits per heavy atom. The molecule has 158 valence electrons. The fourth-order valence-corrected chi connectivity index (χ4v) is 3.40. The summed E-state index contributed by atoms with van der Waals surface area (Å²) >= 11 is 0. The summed E-state index contributed by atoms with van der Waals surface area (Å²) in [4.78, 5) is 27.0. The lowest BCUT2D eigenvalue weighted by Crippen LogP contribution is -2.33. The number of amides is 1. The van der Waals surface area contributed by atoms with Gasteiger partial charge in [0.1, 0.15) is 5.75 Å². The predicted molar refractivity (Wildman–Crippen MR) is 122 cm³/mol. The van der Waals surface area contributed by atoms with Crippen LogP contribution < -0.4 is 9.64 Å². The molecule has 1 amide bonds. The summed E-state index contributed by atoms with van der Waals surface area (Å²) in [6.45, 7) is 1.56. The molecule has 0 unspecified atom stereocenters. The molecule has 0 saturated carbocycles. The van der Waals surface area contributed by atoms with Crippen molar-refractivity contribution in [2.45, 2.75) is 6.92 Å². The molecule has 0 spiro atoms. The van der Waals surface area contributed by atoms with Crippen LogP contribution in [0.5, 0.6) is 5.75 Å². The number of benzene rings is 3. The van der Waals surface area contributed by atoms with Crippen molar-refractivity contribution in [1.82, 2.24) is 0 Å². The number of hydrogen-bond acceptors (Lipinski definition) is 4. The second-order valence-corrected chi connectivity index (χ2v) is 6.88. The smallest absolute Gasteiger partial charge is 0.336 e. The van der Waals surface area contributed by atoms with Gasteiger partial charge >= 0.3 is 5.97 Å². The molecule has 0 aliphatic rings. The van der Waals surface area contributed by atoms with Crippen molar-refractivity contribution in [2.75, 3.05) is 25.7 Å². The van der Waals surface area contributed by atoms with Crippen LogP contribution in [0.4, 0.5) is 5.69 Å². The third kappa shape index (κ3) is 5.20. The molecule has 0 N–H and O–H groups in total. The zero-order valence-electron chi connectivity index (χ0n) is 17.9. The fourth-order valence-electron chi connectivity index (χ4n) is 3.40. The minimum atomic E-state index is -0.489. The topological polar surface area (TPSA) is 55.8 Å². The zero-order valence-corrected chi connectivity index (χ0v) is 17.9. The number of anilines is 1. The van der Waals surface area contributed by atoms with Gasteiger partial charge in [0.2, 0.25) is 5.91 Å². The highest BCUT2D eigenvalue weighted by Gasteiger charge is 2.24. The molecule has 0 radical (unpaired) electrons. The summed E-state index contributed by atoms with van der Waals surface area (Å²) in [7, 11) is 2.95. The van der Waals surface area contributed by atoms with Crippen molar-refractivity contribution >= 4 is 23.1 Å². The molecule has 31 heavy (non-hydrogen) atoms. The highest BCUT2D eigenvalue weighted by Crippen LogP contribution is 2.30. The maximum Gasteiger partial charge on any atom is 0.336 e. The van der Waals surface area contributed by atoms with Crippen molar-refractivity contribution in [2.24, 2.45) is 0 Å². The third-order valence-electron chi connectivity index (χ3n) is 4.94. The summed E-state index contributed by atoms with van der Waals surface area (Å²) < 4.78 is 10.4. The minimum Gasteiger partial charge on any atom is -0.497 e. The molecule has 3 aromatic rings. The molecule has 0 fully saturated rings. The van der Waals surface area contributed by atoms with Crippen LogP contribution >= 0.6 is 0 Å². The second kappa shape index (κ2) is 10.3. The van der Waals surface area contributed by atoms with Gasteiger partial charge < -0.3 is 14.4 Å². The minimum absolute atomic E-state index is 0.0717. The highest BCUT2D eigenvalue weighted by molar-refractivity contribution is 6.04. The average Bonchev–Trinajstić information content (AvgIpc) is 2.82. The first-order chi connectivity index (χ1) is 15.0. The highest BCUT2D eigenvalue weighted by atomic mass is 16.5. The van der Waals surface area contributed by atoms with Crippen molar-refractivity contribution < 1.29 is 19.1 Å². The Labute approximate surface area is 182 Å². The van der Waals surface area contributed by atoms with E-state index in [1.807, 2.05) is 84.9 Å². The number of methoxy groups -OCH3 is 2. The Balaban J connectivity index is 2.21. The largest absolute Gasteiger partial charge is 0.497 e. The van der Waals surface area contributed by atoms with E-state index in [1.165, 1.54) is 14.0 Å². The Hall–Kier alpha value is -3.86. The lowest BCUT2D eigenvalue weighted by atomic mass is 9.92. The number of carbonyl (C=O) groups excluding carboxylic acids is 2. The van der Waals surface area contributed by atoms with Gasteiger partial charge in [-0.25, -0.2) is 4.79 Å². The fraction of sp³-hybridized carbons (Fsp3) is 0.154. The van der Waals surface area contributed by atoms with Crippen LogP contribution in [0.3, 0.4) is 0 Å². The standard InChI is InChI=1S/C26H25NO4/c1-19(28)27(22-12-8-5-9-13-22)18-24(26(29)31-3)25(20-10-6-4-7-11-20)21-14-16-23(30-2)17-15-21/h4-17H,18H2,1-3H3/b25-24+. The van der Waals surface area contributed by atoms with Crippen LogP contribution in [0.2, 0.25) is 0 Å². The number of esters is 1. The maximum atomic E-state index is 13.0. The van der Waals surface area contributed by atoms with E-state index in [0.717, 1.165) is 11.1 Å². The van der Waals surface area contributed by atoms with E-state index in [9.17, 15) is 9.59 Å². The number of rotatable bonds is 7. The van der Waals surface area contributed by atoms with Gasteiger partial charge in [-0.2, -0.15) is 0 Å². The van der Waals surface area contributed by atoms with Gasteiger partial charge in [-0.3, -0.25) is 4.79 Å². The van der Waals surface area contributed by atoms with E-state index in [2.05, 4.69) is 0 Å². The number of carbonyl (C=O) groups is 2. The first-order valence-electron chi connectivity index (χ1n) is 9.89. The molecular formula is C26H25NO4. The summed E-state index contributed by atoms with van der Waals surface area (Å²) in [5.41, 5.74) is 3.47. The number of hydrogen-bond donors (Lipinski definition) is 0. The molecule has 0 atom stereocenters. The van der Waals surface area contributed by atoms with Gasteiger partial charge in [0.05, 0.1) is 26.3 Å². The Morgan fingerprint density at radius 2 is 1.32 bits per heavy atom. The molecule has 0 aliphatic heterocycles. The summed E-state index contributed by atoms with van der Waals surface area (Å²) in [6.07, 6.45) is 0. The molecule has 0 bridgehead atoms. The molecule has 0 aliphatic carbocycles. The van der Waals surface area contributed by atoms with Gasteiger partial charge in [-0.05, 0) is 35.4 Å². The predicted octanol–water partition coefficient (Wildman–Crippen LogP) is 4.72. The molecular weight excluding hydrogens is 390 g/mol. The molecule has 5 heteroatoms. The first kappa shape index (κ1) is 21.8. The van der Waals surface area contributed by atoms with Crippen molar-refractivity contribution in [3.05, 3.63) is 102 Å². The lowest BCUT2D eigenvalue weighted by Gasteiger charge is -2.24. The molecule has 3 rings (SSSR count). The van der Waals surface area contributed by atoms with E-state index >= 15 is 0 Å². The molecule has 0 aromatic heterocycles. The molecule has 0 saturated heterocycles. The first-order valence-corrected chi connectivity index (χ1v) is 9.89. The Morgan fingerprint density at radius 1 is 0.774 bits per heavy atom. The van der Waals surface area contributed by atoms with Gasteiger partial charge in [-0.1, -0.05) is 60.7 Å². The van der Waals surface area contributed by atoms with E-state index in [4.69, 9.17) is 9.47 Å². The SMILES string of the molecule is COC(=O)/C(CN(C(C)=O)c1ccccc1)=C(\c1ccccc1)c1ccc(OC)cc1. The van der Waals surface area contributed by atoms with E-state index in [-0.39, 0.29) is 12.5 Å². The molecule has 0 heterocycles. The van der Waals surface area contributed by atoms with Gasteiger partial charge in [0.15, 0.2) is 0 Å². The van der Waals surface area contributed by atoms with Crippen molar-refractivity contribution in [1.29, 1.82) is 0 Å². The van der Waals surface area contributed by atoms with Gasteiger partial charge in [0, 0.05) is 18.2 Å². The molecule has 5 nitrogen and oxygen atoms in total. The van der Waals surface area contributed by atoms with Crippen LogP contribution in [0, 0.1) is 0 Å². The lowest BCUT2D eigenvalue weighted by molar-refractivity contribution is -0.136. The van der Waals surface area contributed by atoms with Crippen LogP contribution in [-0.4, -0.2) is 32.6 Å². The summed E-state index contributed by atoms with van der Waals surface area (Å²) in [6, 6.07) is 26.3. The quantitative estimate of drug-likeness (QED) is 0.414. The number of nitrogens with zero attached hydrogens (tertiary/aromatic N) is 1. The zero-order chi connectivity index (χ0) is 22.2. The Kier molecular flexibility index (Phi) is 7.22. The van der Waals surface area contributed by atoms with Crippen LogP contribution in [0.15, 0.2) is 90.5 Å². The number of para-hydroxylation sites is 1.